The van der Waals surface area contributed by atoms with Gasteiger partial charge < -0.3 is 9.47 Å². The summed E-state index contributed by atoms with van der Waals surface area (Å²) in [5.74, 6) is 1.22. The first-order chi connectivity index (χ1) is 10.7. The first kappa shape index (κ1) is 13.3. The lowest BCUT2D eigenvalue weighted by molar-refractivity contribution is 0.174. The molecule has 1 aromatic heterocycles. The number of benzene rings is 2. The molecule has 0 bridgehead atoms. The Morgan fingerprint density at radius 2 is 1.86 bits per heavy atom. The summed E-state index contributed by atoms with van der Waals surface area (Å²) in [6, 6.07) is 11.3. The SMILES string of the molecule is O=c1c2cc3c(cc2ncn1Cc1ccc(Br)cc1)OCO3. The molecule has 0 radical (unpaired) electrons. The Morgan fingerprint density at radius 1 is 1.14 bits per heavy atom. The minimum Gasteiger partial charge on any atom is -0.454 e. The van der Waals surface area contributed by atoms with E-state index in [1.807, 2.05) is 24.3 Å². The molecule has 110 valence electrons. The second-order valence-corrected chi connectivity index (χ2v) is 5.94. The van der Waals surface area contributed by atoms with Crippen LogP contribution >= 0.6 is 15.9 Å². The van der Waals surface area contributed by atoms with Crippen molar-refractivity contribution in [1.29, 1.82) is 0 Å². The molecule has 0 fully saturated rings. The molecular formula is C16H11BrN2O3. The van der Waals surface area contributed by atoms with E-state index in [2.05, 4.69) is 20.9 Å². The lowest BCUT2D eigenvalue weighted by Gasteiger charge is -2.07. The van der Waals surface area contributed by atoms with E-state index in [1.54, 1.807) is 23.0 Å². The standard InChI is InChI=1S/C16H11BrN2O3/c17-11-3-1-10(2-4-11)7-19-8-18-13-6-15-14(21-9-22-15)5-12(13)16(19)20/h1-6,8H,7,9H2. The van der Waals surface area contributed by atoms with Crippen LogP contribution in [0.1, 0.15) is 5.56 Å². The van der Waals surface area contributed by atoms with Gasteiger partial charge in [0.25, 0.3) is 5.56 Å². The van der Waals surface area contributed by atoms with E-state index >= 15 is 0 Å². The Kier molecular flexibility index (Phi) is 3.11. The molecule has 0 saturated carbocycles. The molecule has 0 unspecified atom stereocenters. The number of ether oxygens (including phenoxy) is 2. The first-order valence-electron chi connectivity index (χ1n) is 6.74. The van der Waals surface area contributed by atoms with Gasteiger partial charge in [0.2, 0.25) is 6.79 Å². The van der Waals surface area contributed by atoms with E-state index in [-0.39, 0.29) is 12.4 Å². The molecule has 2 aromatic carbocycles. The molecule has 0 aliphatic carbocycles. The number of hydrogen-bond donors (Lipinski definition) is 0. The topological polar surface area (TPSA) is 53.4 Å². The molecule has 22 heavy (non-hydrogen) atoms. The highest BCUT2D eigenvalue weighted by molar-refractivity contribution is 9.10. The summed E-state index contributed by atoms with van der Waals surface area (Å²) in [7, 11) is 0. The fourth-order valence-corrected chi connectivity index (χ4v) is 2.71. The summed E-state index contributed by atoms with van der Waals surface area (Å²) < 4.78 is 13.2. The van der Waals surface area contributed by atoms with Crippen LogP contribution in [0.2, 0.25) is 0 Å². The van der Waals surface area contributed by atoms with Crippen LogP contribution in [-0.4, -0.2) is 16.3 Å². The van der Waals surface area contributed by atoms with Crippen molar-refractivity contribution >= 4 is 26.8 Å². The summed E-state index contributed by atoms with van der Waals surface area (Å²) in [5.41, 5.74) is 1.56. The Balaban J connectivity index is 1.79. The summed E-state index contributed by atoms with van der Waals surface area (Å²) in [6.07, 6.45) is 1.56. The van der Waals surface area contributed by atoms with Crippen LogP contribution in [0.5, 0.6) is 11.5 Å². The third kappa shape index (κ3) is 2.25. The zero-order valence-electron chi connectivity index (χ0n) is 11.5. The van der Waals surface area contributed by atoms with E-state index in [9.17, 15) is 4.79 Å². The minimum absolute atomic E-state index is 0.0915. The minimum atomic E-state index is -0.0915. The van der Waals surface area contributed by atoms with Crippen molar-refractivity contribution in [3.05, 3.63) is 63.1 Å². The zero-order chi connectivity index (χ0) is 15.1. The Hall–Kier alpha value is -2.34. The van der Waals surface area contributed by atoms with Crippen LogP contribution in [-0.2, 0) is 6.54 Å². The molecule has 5 nitrogen and oxygen atoms in total. The molecule has 2 heterocycles. The van der Waals surface area contributed by atoms with Crippen LogP contribution in [0.3, 0.4) is 0 Å². The number of fused-ring (bicyclic) bond motifs is 2. The van der Waals surface area contributed by atoms with E-state index in [0.717, 1.165) is 10.0 Å². The predicted octanol–water partition coefficient (Wildman–Crippen LogP) is 2.94. The lowest BCUT2D eigenvalue weighted by Crippen LogP contribution is -2.21. The van der Waals surface area contributed by atoms with E-state index in [1.165, 1.54) is 0 Å². The second-order valence-electron chi connectivity index (χ2n) is 5.03. The van der Waals surface area contributed by atoms with Crippen molar-refractivity contribution in [2.24, 2.45) is 0 Å². The van der Waals surface area contributed by atoms with Crippen LogP contribution in [0.25, 0.3) is 10.9 Å². The number of hydrogen-bond acceptors (Lipinski definition) is 4. The molecule has 0 spiro atoms. The maximum Gasteiger partial charge on any atom is 0.261 e. The molecule has 0 saturated heterocycles. The smallest absolute Gasteiger partial charge is 0.261 e. The molecular weight excluding hydrogens is 348 g/mol. The van der Waals surface area contributed by atoms with E-state index < -0.39 is 0 Å². The van der Waals surface area contributed by atoms with Gasteiger partial charge in [0.15, 0.2) is 11.5 Å². The molecule has 0 N–H and O–H groups in total. The molecule has 0 atom stereocenters. The van der Waals surface area contributed by atoms with Crippen molar-refractivity contribution in [2.45, 2.75) is 6.54 Å². The van der Waals surface area contributed by atoms with Gasteiger partial charge in [0, 0.05) is 10.5 Å². The fourth-order valence-electron chi connectivity index (χ4n) is 2.45. The number of aromatic nitrogens is 2. The fraction of sp³-hybridized carbons (Fsp3) is 0.125. The van der Waals surface area contributed by atoms with Crippen LogP contribution in [0.15, 0.2) is 52.0 Å². The monoisotopic (exact) mass is 358 g/mol. The van der Waals surface area contributed by atoms with Crippen molar-refractivity contribution in [3.8, 4) is 11.5 Å². The van der Waals surface area contributed by atoms with E-state index in [0.29, 0.717) is 28.9 Å². The number of halogens is 1. The molecule has 1 aliphatic heterocycles. The van der Waals surface area contributed by atoms with E-state index in [4.69, 9.17) is 9.47 Å². The van der Waals surface area contributed by atoms with Crippen molar-refractivity contribution in [1.82, 2.24) is 9.55 Å². The Morgan fingerprint density at radius 3 is 2.64 bits per heavy atom. The highest BCUT2D eigenvalue weighted by Crippen LogP contribution is 2.34. The van der Waals surface area contributed by atoms with Crippen molar-refractivity contribution < 1.29 is 9.47 Å². The summed E-state index contributed by atoms with van der Waals surface area (Å²) in [4.78, 5) is 17.0. The van der Waals surface area contributed by atoms with Gasteiger partial charge in [0.05, 0.1) is 23.8 Å². The van der Waals surface area contributed by atoms with Crippen LogP contribution in [0.4, 0.5) is 0 Å². The van der Waals surface area contributed by atoms with Crippen LogP contribution in [0, 0.1) is 0 Å². The summed E-state index contributed by atoms with van der Waals surface area (Å²) >= 11 is 3.40. The molecule has 1 aliphatic rings. The number of rotatable bonds is 2. The van der Waals surface area contributed by atoms with Gasteiger partial charge in [-0.25, -0.2) is 4.98 Å². The van der Waals surface area contributed by atoms with Gasteiger partial charge in [-0.15, -0.1) is 0 Å². The van der Waals surface area contributed by atoms with Gasteiger partial charge in [-0.05, 0) is 23.8 Å². The lowest BCUT2D eigenvalue weighted by atomic mass is 10.2. The molecule has 0 amide bonds. The molecule has 4 rings (SSSR count). The average molecular weight is 359 g/mol. The quantitative estimate of drug-likeness (QED) is 0.706. The highest BCUT2D eigenvalue weighted by atomic mass is 79.9. The largest absolute Gasteiger partial charge is 0.454 e. The van der Waals surface area contributed by atoms with Crippen molar-refractivity contribution in [2.75, 3.05) is 6.79 Å². The third-order valence-electron chi connectivity index (χ3n) is 3.58. The maximum atomic E-state index is 12.6. The maximum absolute atomic E-state index is 12.6. The number of nitrogens with zero attached hydrogens (tertiary/aromatic N) is 2. The first-order valence-corrected chi connectivity index (χ1v) is 7.53. The summed E-state index contributed by atoms with van der Waals surface area (Å²) in [5, 5.41) is 0.531. The average Bonchev–Trinajstić information content (AvgIpc) is 2.98. The van der Waals surface area contributed by atoms with Gasteiger partial charge in [-0.3, -0.25) is 9.36 Å². The Bertz CT molecular complexity index is 919. The Labute approximate surface area is 134 Å². The second kappa shape index (κ2) is 5.14. The summed E-state index contributed by atoms with van der Waals surface area (Å²) in [6.45, 7) is 0.655. The third-order valence-corrected chi connectivity index (χ3v) is 4.11. The van der Waals surface area contributed by atoms with Crippen molar-refractivity contribution in [3.63, 3.8) is 0 Å². The van der Waals surface area contributed by atoms with Gasteiger partial charge in [-0.1, -0.05) is 28.1 Å². The zero-order valence-corrected chi connectivity index (χ0v) is 13.0. The molecule has 6 heteroatoms. The normalized spacial score (nSPS) is 12.8. The van der Waals surface area contributed by atoms with Gasteiger partial charge >= 0.3 is 0 Å². The highest BCUT2D eigenvalue weighted by Gasteiger charge is 2.16. The van der Waals surface area contributed by atoms with Crippen LogP contribution < -0.4 is 15.0 Å². The predicted molar refractivity (Wildman–Crippen MR) is 85.4 cm³/mol. The molecule has 3 aromatic rings. The van der Waals surface area contributed by atoms with Gasteiger partial charge in [0.1, 0.15) is 0 Å². The van der Waals surface area contributed by atoms with Gasteiger partial charge in [-0.2, -0.15) is 0 Å².